The van der Waals surface area contributed by atoms with Gasteiger partial charge in [0.15, 0.2) is 11.5 Å². The predicted octanol–water partition coefficient (Wildman–Crippen LogP) is 3.78. The first-order valence-electron chi connectivity index (χ1n) is 8.06. The Balaban J connectivity index is 1.92. The Bertz CT molecular complexity index is 983. The lowest BCUT2D eigenvalue weighted by Crippen LogP contribution is -2.16. The van der Waals surface area contributed by atoms with Crippen LogP contribution in [0.15, 0.2) is 54.6 Å². The summed E-state index contributed by atoms with van der Waals surface area (Å²) in [6.07, 6.45) is 0. The Morgan fingerprint density at radius 1 is 0.963 bits per heavy atom. The maximum Gasteiger partial charge on any atom is 0.260 e. The molecule has 3 N–H and O–H groups in total. The summed E-state index contributed by atoms with van der Waals surface area (Å²) in [5.74, 6) is -0.00926. The van der Waals surface area contributed by atoms with Crippen molar-refractivity contribution in [3.63, 3.8) is 0 Å². The van der Waals surface area contributed by atoms with E-state index in [2.05, 4.69) is 5.32 Å². The van der Waals surface area contributed by atoms with Crippen molar-refractivity contribution in [1.29, 1.82) is 0 Å². The third-order valence-electron chi connectivity index (χ3n) is 3.91. The minimum Gasteiger partial charge on any atom is -0.493 e. The molecule has 3 aromatic rings. The Morgan fingerprint density at radius 2 is 1.67 bits per heavy atom. The number of thiophene rings is 1. The van der Waals surface area contributed by atoms with E-state index in [0.29, 0.717) is 27.6 Å². The van der Waals surface area contributed by atoms with Crippen molar-refractivity contribution in [2.75, 3.05) is 19.5 Å². The largest absolute Gasteiger partial charge is 0.493 e. The van der Waals surface area contributed by atoms with Crippen LogP contribution in [0.25, 0.3) is 10.4 Å². The molecular weight excluding hydrogens is 364 g/mol. The summed E-state index contributed by atoms with van der Waals surface area (Å²) in [6.45, 7) is 0. The molecule has 138 valence electrons. The van der Waals surface area contributed by atoms with Gasteiger partial charge in [0, 0.05) is 10.4 Å². The zero-order chi connectivity index (χ0) is 19.4. The molecule has 6 nitrogen and oxygen atoms in total. The fourth-order valence-corrected chi connectivity index (χ4v) is 3.55. The Hall–Kier alpha value is -3.32. The number of anilines is 1. The number of carbonyl (C=O) groups is 2. The minimum absolute atomic E-state index is 0.294. The van der Waals surface area contributed by atoms with E-state index in [0.717, 1.165) is 10.4 Å². The average Bonchev–Trinajstić information content (AvgIpc) is 3.12. The van der Waals surface area contributed by atoms with E-state index >= 15 is 0 Å². The van der Waals surface area contributed by atoms with E-state index in [4.69, 9.17) is 15.2 Å². The molecule has 0 radical (unpaired) electrons. The lowest BCUT2D eigenvalue weighted by atomic mass is 10.1. The van der Waals surface area contributed by atoms with Gasteiger partial charge in [-0.15, -0.1) is 11.3 Å². The molecule has 3 rings (SSSR count). The van der Waals surface area contributed by atoms with Gasteiger partial charge in [-0.05, 0) is 29.8 Å². The monoisotopic (exact) mass is 382 g/mol. The van der Waals surface area contributed by atoms with Crippen molar-refractivity contribution in [2.24, 2.45) is 5.73 Å². The van der Waals surface area contributed by atoms with Crippen LogP contribution < -0.4 is 20.5 Å². The number of amides is 2. The molecule has 2 aromatic carbocycles. The van der Waals surface area contributed by atoms with Crippen molar-refractivity contribution < 1.29 is 19.1 Å². The fourth-order valence-electron chi connectivity index (χ4n) is 2.58. The number of nitrogens with one attached hydrogen (secondary N) is 1. The number of hydrogen-bond donors (Lipinski definition) is 2. The van der Waals surface area contributed by atoms with Crippen LogP contribution in [0.3, 0.4) is 0 Å². The maximum atomic E-state index is 12.6. The van der Waals surface area contributed by atoms with Crippen molar-refractivity contribution in [3.05, 3.63) is 65.0 Å². The number of rotatable bonds is 6. The van der Waals surface area contributed by atoms with Gasteiger partial charge in [-0.25, -0.2) is 0 Å². The van der Waals surface area contributed by atoms with Crippen LogP contribution in [0, 0.1) is 0 Å². The van der Waals surface area contributed by atoms with Crippen molar-refractivity contribution in [2.45, 2.75) is 0 Å². The van der Waals surface area contributed by atoms with Crippen LogP contribution in [-0.2, 0) is 0 Å². The summed E-state index contributed by atoms with van der Waals surface area (Å²) in [7, 11) is 3.02. The highest BCUT2D eigenvalue weighted by atomic mass is 32.1. The molecule has 27 heavy (non-hydrogen) atoms. The van der Waals surface area contributed by atoms with E-state index in [1.807, 2.05) is 30.3 Å². The van der Waals surface area contributed by atoms with Gasteiger partial charge in [0.05, 0.1) is 19.9 Å². The van der Waals surface area contributed by atoms with Crippen LogP contribution in [0.4, 0.5) is 5.69 Å². The summed E-state index contributed by atoms with van der Waals surface area (Å²) in [4.78, 5) is 25.6. The van der Waals surface area contributed by atoms with E-state index in [-0.39, 0.29) is 5.91 Å². The second kappa shape index (κ2) is 7.92. The molecule has 0 saturated carbocycles. The number of methoxy groups -OCH3 is 2. The molecule has 0 atom stereocenters. The number of primary amides is 1. The zero-order valence-corrected chi connectivity index (χ0v) is 15.6. The fraction of sp³-hybridized carbons (Fsp3) is 0.100. The molecule has 0 unspecified atom stereocenters. The SMILES string of the molecule is COc1ccc(C(=O)Nc2cc(-c3ccccc3)sc2C(N)=O)cc1OC. The van der Waals surface area contributed by atoms with Gasteiger partial charge in [0.1, 0.15) is 4.88 Å². The van der Waals surface area contributed by atoms with E-state index in [1.165, 1.54) is 25.6 Å². The lowest BCUT2D eigenvalue weighted by molar-refractivity contribution is 0.100. The smallest absolute Gasteiger partial charge is 0.260 e. The third-order valence-corrected chi connectivity index (χ3v) is 5.11. The standard InChI is InChI=1S/C20H18N2O4S/c1-25-15-9-8-13(10-16(15)26-2)20(24)22-14-11-17(27-18(14)19(21)23)12-6-4-3-5-7-12/h3-11H,1-2H3,(H2,21,23)(H,22,24). The molecule has 7 heteroatoms. The van der Waals surface area contributed by atoms with Crippen LogP contribution in [-0.4, -0.2) is 26.0 Å². The number of ether oxygens (including phenoxy) is 2. The molecule has 0 spiro atoms. The Morgan fingerprint density at radius 3 is 2.30 bits per heavy atom. The number of nitrogens with two attached hydrogens (primary N) is 1. The van der Waals surface area contributed by atoms with Crippen molar-refractivity contribution in [1.82, 2.24) is 0 Å². The first-order valence-corrected chi connectivity index (χ1v) is 8.87. The van der Waals surface area contributed by atoms with Gasteiger partial charge >= 0.3 is 0 Å². The van der Waals surface area contributed by atoms with Gasteiger partial charge in [-0.2, -0.15) is 0 Å². The summed E-state index contributed by atoms with van der Waals surface area (Å²) in [6, 6.07) is 16.2. The second-order valence-electron chi connectivity index (χ2n) is 5.61. The van der Waals surface area contributed by atoms with Crippen LogP contribution in [0.5, 0.6) is 11.5 Å². The highest BCUT2D eigenvalue weighted by molar-refractivity contribution is 7.18. The van der Waals surface area contributed by atoms with E-state index < -0.39 is 5.91 Å². The van der Waals surface area contributed by atoms with Gasteiger partial charge < -0.3 is 20.5 Å². The summed E-state index contributed by atoms with van der Waals surface area (Å²) >= 11 is 1.24. The quantitative estimate of drug-likeness (QED) is 0.679. The number of carbonyl (C=O) groups excluding carboxylic acids is 2. The predicted molar refractivity (Wildman–Crippen MR) is 106 cm³/mol. The molecule has 2 amide bonds. The first kappa shape index (κ1) is 18.5. The number of hydrogen-bond acceptors (Lipinski definition) is 5. The lowest BCUT2D eigenvalue weighted by Gasteiger charge is -2.10. The molecule has 1 aromatic heterocycles. The zero-order valence-electron chi connectivity index (χ0n) is 14.8. The second-order valence-corrected chi connectivity index (χ2v) is 6.66. The molecule has 0 aliphatic carbocycles. The van der Waals surface area contributed by atoms with Gasteiger partial charge in [0.25, 0.3) is 11.8 Å². The topological polar surface area (TPSA) is 90.6 Å². The van der Waals surface area contributed by atoms with Gasteiger partial charge in [-0.3, -0.25) is 9.59 Å². The summed E-state index contributed by atoms with van der Waals surface area (Å²) in [5.41, 5.74) is 7.18. The number of benzene rings is 2. The summed E-state index contributed by atoms with van der Waals surface area (Å²) in [5, 5.41) is 2.76. The maximum absolute atomic E-state index is 12.6. The van der Waals surface area contributed by atoms with Crippen LogP contribution >= 0.6 is 11.3 Å². The van der Waals surface area contributed by atoms with Gasteiger partial charge in [-0.1, -0.05) is 30.3 Å². The van der Waals surface area contributed by atoms with Crippen molar-refractivity contribution in [3.8, 4) is 21.9 Å². The molecule has 0 aliphatic heterocycles. The van der Waals surface area contributed by atoms with Crippen molar-refractivity contribution >= 4 is 28.8 Å². The summed E-state index contributed by atoms with van der Waals surface area (Å²) < 4.78 is 10.4. The third kappa shape index (κ3) is 3.93. The van der Waals surface area contributed by atoms with E-state index in [1.54, 1.807) is 24.3 Å². The highest BCUT2D eigenvalue weighted by Crippen LogP contribution is 2.35. The van der Waals surface area contributed by atoms with Gasteiger partial charge in [0.2, 0.25) is 0 Å². The Kier molecular flexibility index (Phi) is 5.42. The molecule has 0 fully saturated rings. The molecular formula is C20H18N2O4S. The highest BCUT2D eigenvalue weighted by Gasteiger charge is 2.18. The molecule has 1 heterocycles. The molecule has 0 saturated heterocycles. The van der Waals surface area contributed by atoms with Crippen LogP contribution in [0.2, 0.25) is 0 Å². The Labute approximate surface area is 160 Å². The normalized spacial score (nSPS) is 10.3. The minimum atomic E-state index is -0.593. The molecule has 0 aliphatic rings. The average molecular weight is 382 g/mol. The first-order chi connectivity index (χ1) is 13.0. The molecule has 0 bridgehead atoms. The van der Waals surface area contributed by atoms with E-state index in [9.17, 15) is 9.59 Å². The van der Waals surface area contributed by atoms with Crippen LogP contribution in [0.1, 0.15) is 20.0 Å².